The van der Waals surface area contributed by atoms with Gasteiger partial charge in [-0.05, 0) is 42.5 Å². The van der Waals surface area contributed by atoms with E-state index in [1.807, 2.05) is 0 Å². The highest BCUT2D eigenvalue weighted by Crippen LogP contribution is 2.27. The molecule has 0 saturated heterocycles. The molecule has 3 aromatic rings. The van der Waals surface area contributed by atoms with Gasteiger partial charge in [0.15, 0.2) is 0 Å². The summed E-state index contributed by atoms with van der Waals surface area (Å²) in [7, 11) is -3.66. The molecule has 0 saturated carbocycles. The first-order valence-corrected chi connectivity index (χ1v) is 8.66. The fourth-order valence-electron chi connectivity index (χ4n) is 2.02. The van der Waals surface area contributed by atoms with E-state index in [9.17, 15) is 8.42 Å². The zero-order chi connectivity index (χ0) is 15.0. The van der Waals surface area contributed by atoms with Gasteiger partial charge in [0.25, 0.3) is 10.0 Å². The molecule has 108 valence electrons. The van der Waals surface area contributed by atoms with Crippen molar-refractivity contribution in [2.45, 2.75) is 4.90 Å². The van der Waals surface area contributed by atoms with Crippen molar-refractivity contribution in [2.24, 2.45) is 0 Å². The van der Waals surface area contributed by atoms with Crippen LogP contribution < -0.4 is 4.72 Å². The number of H-pyrrole nitrogens is 1. The minimum Gasteiger partial charge on any atom is -0.360 e. The number of nitrogens with one attached hydrogen (secondary N) is 2. The van der Waals surface area contributed by atoms with E-state index in [2.05, 4.69) is 25.6 Å². The molecule has 0 bridgehead atoms. The van der Waals surface area contributed by atoms with E-state index in [0.717, 1.165) is 4.47 Å². The van der Waals surface area contributed by atoms with Crippen LogP contribution in [-0.4, -0.2) is 13.4 Å². The van der Waals surface area contributed by atoms with Crippen molar-refractivity contribution in [2.75, 3.05) is 4.72 Å². The van der Waals surface area contributed by atoms with Gasteiger partial charge in [-0.1, -0.05) is 27.5 Å². The molecule has 0 amide bonds. The van der Waals surface area contributed by atoms with E-state index >= 15 is 0 Å². The van der Waals surface area contributed by atoms with Gasteiger partial charge in [-0.15, -0.1) is 0 Å². The van der Waals surface area contributed by atoms with E-state index < -0.39 is 10.0 Å². The second kappa shape index (κ2) is 5.36. The SMILES string of the molecule is O=S(=O)(Nc1ccc(Br)cc1)c1c[nH]c2cc(Cl)ccc12. The average Bonchev–Trinajstić information content (AvgIpc) is 2.85. The third-order valence-electron chi connectivity index (χ3n) is 2.99. The quantitative estimate of drug-likeness (QED) is 0.702. The highest BCUT2D eigenvalue weighted by atomic mass is 79.9. The van der Waals surface area contributed by atoms with E-state index in [4.69, 9.17) is 11.6 Å². The Hall–Kier alpha value is -1.50. The lowest BCUT2D eigenvalue weighted by molar-refractivity contribution is 0.602. The largest absolute Gasteiger partial charge is 0.360 e. The lowest BCUT2D eigenvalue weighted by Crippen LogP contribution is -2.12. The lowest BCUT2D eigenvalue weighted by atomic mass is 10.2. The third kappa shape index (κ3) is 2.92. The Morgan fingerprint density at radius 1 is 1.10 bits per heavy atom. The van der Waals surface area contributed by atoms with Crippen molar-refractivity contribution in [3.05, 3.63) is 58.2 Å². The first-order valence-electron chi connectivity index (χ1n) is 6.01. The number of benzene rings is 2. The number of aromatic nitrogens is 1. The summed E-state index contributed by atoms with van der Waals surface area (Å²) in [6, 6.07) is 12.0. The van der Waals surface area contributed by atoms with Crippen molar-refractivity contribution in [1.82, 2.24) is 4.98 Å². The maximum atomic E-state index is 12.5. The van der Waals surface area contributed by atoms with Crippen LogP contribution in [-0.2, 0) is 10.0 Å². The van der Waals surface area contributed by atoms with Crippen LogP contribution in [0.2, 0.25) is 5.02 Å². The number of fused-ring (bicyclic) bond motifs is 1. The number of halogens is 2. The van der Waals surface area contributed by atoms with Crippen LogP contribution in [0.1, 0.15) is 0 Å². The first-order chi connectivity index (χ1) is 9.95. The van der Waals surface area contributed by atoms with Gasteiger partial charge in [0.05, 0.1) is 0 Å². The van der Waals surface area contributed by atoms with Gasteiger partial charge in [0.1, 0.15) is 4.90 Å². The maximum absolute atomic E-state index is 12.5. The van der Waals surface area contributed by atoms with E-state index in [1.165, 1.54) is 6.20 Å². The Labute approximate surface area is 135 Å². The van der Waals surface area contributed by atoms with Gasteiger partial charge in [-0.2, -0.15) is 0 Å². The van der Waals surface area contributed by atoms with Crippen LogP contribution in [0, 0.1) is 0 Å². The molecule has 1 heterocycles. The summed E-state index contributed by atoms with van der Waals surface area (Å²) in [5.74, 6) is 0. The van der Waals surface area contributed by atoms with Gasteiger partial charge in [0, 0.05) is 32.3 Å². The Morgan fingerprint density at radius 2 is 1.81 bits per heavy atom. The zero-order valence-corrected chi connectivity index (χ0v) is 13.8. The number of aromatic amines is 1. The first kappa shape index (κ1) is 14.4. The predicted molar refractivity (Wildman–Crippen MR) is 88.3 cm³/mol. The number of hydrogen-bond acceptors (Lipinski definition) is 2. The summed E-state index contributed by atoms with van der Waals surface area (Å²) in [6.07, 6.45) is 1.46. The second-order valence-electron chi connectivity index (χ2n) is 4.46. The van der Waals surface area contributed by atoms with Crippen LogP contribution in [0.4, 0.5) is 5.69 Å². The Balaban J connectivity index is 2.02. The van der Waals surface area contributed by atoms with E-state index in [0.29, 0.717) is 21.6 Å². The molecular formula is C14H10BrClN2O2S. The second-order valence-corrected chi connectivity index (χ2v) is 7.46. The number of hydrogen-bond donors (Lipinski definition) is 2. The van der Waals surface area contributed by atoms with Crippen LogP contribution in [0.15, 0.2) is 58.0 Å². The molecule has 0 aliphatic carbocycles. The van der Waals surface area contributed by atoms with Crippen LogP contribution in [0.5, 0.6) is 0 Å². The summed E-state index contributed by atoms with van der Waals surface area (Å²) in [5, 5.41) is 1.15. The highest BCUT2D eigenvalue weighted by molar-refractivity contribution is 9.10. The fraction of sp³-hybridized carbons (Fsp3) is 0. The van der Waals surface area contributed by atoms with Gasteiger partial charge in [-0.25, -0.2) is 8.42 Å². The molecule has 0 aliphatic rings. The van der Waals surface area contributed by atoms with E-state index in [-0.39, 0.29) is 4.90 Å². The van der Waals surface area contributed by atoms with Crippen molar-refractivity contribution in [1.29, 1.82) is 0 Å². The van der Waals surface area contributed by atoms with Gasteiger partial charge in [-0.3, -0.25) is 4.72 Å². The minimum atomic E-state index is -3.66. The van der Waals surface area contributed by atoms with Crippen molar-refractivity contribution in [3.8, 4) is 0 Å². The molecule has 1 aromatic heterocycles. The molecule has 0 fully saturated rings. The van der Waals surface area contributed by atoms with Crippen molar-refractivity contribution >= 4 is 54.1 Å². The fourth-order valence-corrected chi connectivity index (χ4v) is 3.70. The predicted octanol–water partition coefficient (Wildman–Crippen LogP) is 4.38. The van der Waals surface area contributed by atoms with E-state index in [1.54, 1.807) is 42.5 Å². The molecule has 2 aromatic carbocycles. The summed E-state index contributed by atoms with van der Waals surface area (Å²) in [6.45, 7) is 0. The minimum absolute atomic E-state index is 0.192. The Morgan fingerprint density at radius 3 is 2.52 bits per heavy atom. The van der Waals surface area contributed by atoms with Crippen molar-refractivity contribution < 1.29 is 8.42 Å². The van der Waals surface area contributed by atoms with Crippen LogP contribution >= 0.6 is 27.5 Å². The Kier molecular flexibility index (Phi) is 3.69. The van der Waals surface area contributed by atoms with Crippen LogP contribution in [0.25, 0.3) is 10.9 Å². The summed E-state index contributed by atoms with van der Waals surface area (Å²) in [5.41, 5.74) is 1.18. The molecule has 0 radical (unpaired) electrons. The monoisotopic (exact) mass is 384 g/mol. The molecular weight excluding hydrogens is 376 g/mol. The molecule has 21 heavy (non-hydrogen) atoms. The van der Waals surface area contributed by atoms with Gasteiger partial charge >= 0.3 is 0 Å². The molecule has 0 atom stereocenters. The molecule has 4 nitrogen and oxygen atoms in total. The topological polar surface area (TPSA) is 62.0 Å². The van der Waals surface area contributed by atoms with Crippen molar-refractivity contribution in [3.63, 3.8) is 0 Å². The molecule has 2 N–H and O–H groups in total. The van der Waals surface area contributed by atoms with Gasteiger partial charge in [0.2, 0.25) is 0 Å². The Bertz CT molecular complexity index is 904. The molecule has 0 spiro atoms. The number of anilines is 1. The molecule has 7 heteroatoms. The summed E-state index contributed by atoms with van der Waals surface area (Å²) < 4.78 is 28.4. The number of sulfonamides is 1. The maximum Gasteiger partial charge on any atom is 0.264 e. The zero-order valence-electron chi connectivity index (χ0n) is 10.6. The van der Waals surface area contributed by atoms with Gasteiger partial charge < -0.3 is 4.98 Å². The highest BCUT2D eigenvalue weighted by Gasteiger charge is 2.19. The normalized spacial score (nSPS) is 11.7. The third-order valence-corrected chi connectivity index (χ3v) is 5.18. The summed E-state index contributed by atoms with van der Waals surface area (Å²) in [4.78, 5) is 3.11. The standard InChI is InChI=1S/C14H10BrClN2O2S/c15-9-1-4-11(5-2-9)18-21(19,20)14-8-17-13-7-10(16)3-6-12(13)14/h1-8,17-18H. The smallest absolute Gasteiger partial charge is 0.264 e. The van der Waals surface area contributed by atoms with Crippen LogP contribution in [0.3, 0.4) is 0 Å². The average molecular weight is 386 g/mol. The number of rotatable bonds is 3. The molecule has 3 rings (SSSR count). The molecule has 0 aliphatic heterocycles. The lowest BCUT2D eigenvalue weighted by Gasteiger charge is -2.07. The summed E-state index contributed by atoms with van der Waals surface area (Å²) >= 11 is 9.21. The molecule has 0 unspecified atom stereocenters.